The molecule has 102 valence electrons. The molecule has 5 heteroatoms. The summed E-state index contributed by atoms with van der Waals surface area (Å²) in [6.45, 7) is 3.18. The number of ether oxygens (including phenoxy) is 1. The molecule has 3 nitrogen and oxygen atoms in total. The van der Waals surface area contributed by atoms with Crippen molar-refractivity contribution in [3.05, 3.63) is 52.4 Å². The molecule has 1 aromatic heterocycles. The lowest BCUT2D eigenvalue weighted by atomic mass is 10.2. The van der Waals surface area contributed by atoms with Crippen LogP contribution in [0.5, 0.6) is 5.75 Å². The lowest BCUT2D eigenvalue weighted by Gasteiger charge is -2.13. The fourth-order valence-electron chi connectivity index (χ4n) is 1.69. The van der Waals surface area contributed by atoms with Gasteiger partial charge in [0.05, 0.1) is 22.4 Å². The summed E-state index contributed by atoms with van der Waals surface area (Å²) in [4.78, 5) is 0. The van der Waals surface area contributed by atoms with E-state index in [0.717, 1.165) is 5.76 Å². The van der Waals surface area contributed by atoms with E-state index in [1.54, 1.807) is 24.5 Å². The predicted molar refractivity (Wildman–Crippen MR) is 77.1 cm³/mol. The third-order valence-corrected chi connectivity index (χ3v) is 3.28. The molecule has 1 atom stereocenters. The van der Waals surface area contributed by atoms with Crippen molar-refractivity contribution in [3.63, 3.8) is 0 Å². The second-order valence-electron chi connectivity index (χ2n) is 4.09. The zero-order chi connectivity index (χ0) is 13.7. The maximum absolute atomic E-state index is 6.01. The lowest BCUT2D eigenvalue weighted by molar-refractivity contribution is 0.302. The summed E-state index contributed by atoms with van der Waals surface area (Å²) in [6.07, 6.45) is 1.66. The van der Waals surface area contributed by atoms with Gasteiger partial charge in [0.1, 0.15) is 12.4 Å². The zero-order valence-corrected chi connectivity index (χ0v) is 12.0. The highest BCUT2D eigenvalue weighted by Crippen LogP contribution is 2.32. The SMILES string of the molecule is CC(NCCOc1c(Cl)cccc1Cl)c1ccco1. The van der Waals surface area contributed by atoms with E-state index in [4.69, 9.17) is 32.4 Å². The van der Waals surface area contributed by atoms with Crippen molar-refractivity contribution in [2.45, 2.75) is 13.0 Å². The van der Waals surface area contributed by atoms with Gasteiger partial charge in [-0.25, -0.2) is 0 Å². The molecule has 0 aliphatic carbocycles. The number of nitrogens with one attached hydrogen (secondary N) is 1. The quantitative estimate of drug-likeness (QED) is 0.807. The predicted octanol–water partition coefficient (Wildman–Crippen LogP) is 4.32. The molecule has 0 aliphatic rings. The van der Waals surface area contributed by atoms with Gasteiger partial charge in [-0.2, -0.15) is 0 Å². The second-order valence-corrected chi connectivity index (χ2v) is 4.90. The molecular weight excluding hydrogens is 285 g/mol. The summed E-state index contributed by atoms with van der Waals surface area (Å²) in [5, 5.41) is 4.33. The number of hydrogen-bond donors (Lipinski definition) is 1. The summed E-state index contributed by atoms with van der Waals surface area (Å²) in [5.74, 6) is 1.43. The van der Waals surface area contributed by atoms with E-state index in [9.17, 15) is 0 Å². The van der Waals surface area contributed by atoms with E-state index in [1.165, 1.54) is 0 Å². The van der Waals surface area contributed by atoms with Gasteiger partial charge >= 0.3 is 0 Å². The van der Waals surface area contributed by atoms with E-state index < -0.39 is 0 Å². The van der Waals surface area contributed by atoms with E-state index in [-0.39, 0.29) is 6.04 Å². The van der Waals surface area contributed by atoms with Crippen LogP contribution in [0.3, 0.4) is 0 Å². The molecule has 19 heavy (non-hydrogen) atoms. The first-order chi connectivity index (χ1) is 9.18. The van der Waals surface area contributed by atoms with Crippen molar-refractivity contribution in [2.24, 2.45) is 0 Å². The van der Waals surface area contributed by atoms with E-state index >= 15 is 0 Å². The molecule has 0 saturated carbocycles. The van der Waals surface area contributed by atoms with Crippen LogP contribution in [0.2, 0.25) is 10.0 Å². The van der Waals surface area contributed by atoms with Crippen LogP contribution in [0.25, 0.3) is 0 Å². The molecule has 0 bridgehead atoms. The van der Waals surface area contributed by atoms with Crippen molar-refractivity contribution in [2.75, 3.05) is 13.2 Å². The Kier molecular flexibility index (Phi) is 5.14. The molecule has 0 saturated heterocycles. The van der Waals surface area contributed by atoms with Gasteiger partial charge in [0.2, 0.25) is 0 Å². The number of furan rings is 1. The molecule has 0 spiro atoms. The van der Waals surface area contributed by atoms with Crippen LogP contribution in [0.1, 0.15) is 18.7 Å². The monoisotopic (exact) mass is 299 g/mol. The van der Waals surface area contributed by atoms with Gasteiger partial charge in [-0.3, -0.25) is 0 Å². The van der Waals surface area contributed by atoms with Gasteiger partial charge in [0.25, 0.3) is 0 Å². The Hall–Kier alpha value is -1.16. The van der Waals surface area contributed by atoms with Crippen LogP contribution in [-0.2, 0) is 0 Å². The Labute approximate surface area is 122 Å². The highest BCUT2D eigenvalue weighted by atomic mass is 35.5. The Balaban J connectivity index is 1.78. The van der Waals surface area contributed by atoms with Crippen molar-refractivity contribution in [1.82, 2.24) is 5.32 Å². The van der Waals surface area contributed by atoms with Gasteiger partial charge in [-0.1, -0.05) is 29.3 Å². The minimum atomic E-state index is 0.139. The normalized spacial score (nSPS) is 12.4. The van der Waals surface area contributed by atoms with Gasteiger partial charge in [0.15, 0.2) is 5.75 Å². The first-order valence-electron chi connectivity index (χ1n) is 6.02. The van der Waals surface area contributed by atoms with E-state index in [2.05, 4.69) is 5.32 Å². The third kappa shape index (κ3) is 3.90. The molecule has 2 rings (SSSR count). The van der Waals surface area contributed by atoms with Crippen molar-refractivity contribution >= 4 is 23.2 Å². The molecule has 0 aliphatic heterocycles. The number of hydrogen-bond acceptors (Lipinski definition) is 3. The average molecular weight is 300 g/mol. The Morgan fingerprint density at radius 3 is 2.58 bits per heavy atom. The molecule has 1 heterocycles. The molecule has 0 fully saturated rings. The van der Waals surface area contributed by atoms with Gasteiger partial charge in [-0.05, 0) is 31.2 Å². The van der Waals surface area contributed by atoms with Crippen molar-refractivity contribution in [3.8, 4) is 5.75 Å². The average Bonchev–Trinajstić information content (AvgIpc) is 2.91. The Morgan fingerprint density at radius 1 is 1.21 bits per heavy atom. The molecule has 0 radical (unpaired) electrons. The van der Waals surface area contributed by atoms with Gasteiger partial charge in [0, 0.05) is 6.54 Å². The minimum Gasteiger partial charge on any atom is -0.489 e. The van der Waals surface area contributed by atoms with Crippen molar-refractivity contribution in [1.29, 1.82) is 0 Å². The van der Waals surface area contributed by atoms with Crippen LogP contribution in [0, 0.1) is 0 Å². The summed E-state index contributed by atoms with van der Waals surface area (Å²) in [7, 11) is 0. The summed E-state index contributed by atoms with van der Waals surface area (Å²) in [6, 6.07) is 9.23. The molecule has 1 aromatic carbocycles. The van der Waals surface area contributed by atoms with Gasteiger partial charge < -0.3 is 14.5 Å². The number of rotatable bonds is 6. The van der Waals surface area contributed by atoms with Gasteiger partial charge in [-0.15, -0.1) is 0 Å². The molecule has 2 aromatic rings. The third-order valence-electron chi connectivity index (χ3n) is 2.69. The first kappa shape index (κ1) is 14.3. The highest BCUT2D eigenvalue weighted by molar-refractivity contribution is 6.37. The topological polar surface area (TPSA) is 34.4 Å². The number of benzene rings is 1. The Morgan fingerprint density at radius 2 is 1.95 bits per heavy atom. The largest absolute Gasteiger partial charge is 0.489 e. The molecule has 0 amide bonds. The smallest absolute Gasteiger partial charge is 0.156 e. The standard InChI is InChI=1S/C14H15Cl2NO2/c1-10(13-6-3-8-18-13)17-7-9-19-14-11(15)4-2-5-12(14)16/h2-6,8,10,17H,7,9H2,1H3. The molecular formula is C14H15Cl2NO2. The Bertz CT molecular complexity index is 494. The van der Waals surface area contributed by atoms with Crippen LogP contribution >= 0.6 is 23.2 Å². The fourth-order valence-corrected chi connectivity index (χ4v) is 2.19. The van der Waals surface area contributed by atoms with E-state index in [1.807, 2.05) is 19.1 Å². The van der Waals surface area contributed by atoms with Crippen molar-refractivity contribution < 1.29 is 9.15 Å². The van der Waals surface area contributed by atoms with Crippen LogP contribution in [0.15, 0.2) is 41.0 Å². The van der Waals surface area contributed by atoms with Crippen LogP contribution in [0.4, 0.5) is 0 Å². The number of halogens is 2. The maximum atomic E-state index is 6.01. The van der Waals surface area contributed by atoms with Crippen LogP contribution < -0.4 is 10.1 Å². The summed E-state index contributed by atoms with van der Waals surface area (Å²) in [5.41, 5.74) is 0. The second kappa shape index (κ2) is 6.85. The van der Waals surface area contributed by atoms with E-state index in [0.29, 0.717) is 28.9 Å². The first-order valence-corrected chi connectivity index (χ1v) is 6.77. The van der Waals surface area contributed by atoms with Crippen LogP contribution in [-0.4, -0.2) is 13.2 Å². The zero-order valence-electron chi connectivity index (χ0n) is 10.5. The highest BCUT2D eigenvalue weighted by Gasteiger charge is 2.08. The fraction of sp³-hybridized carbons (Fsp3) is 0.286. The minimum absolute atomic E-state index is 0.139. The maximum Gasteiger partial charge on any atom is 0.156 e. The number of para-hydroxylation sites is 1. The summed E-state index contributed by atoms with van der Waals surface area (Å²) >= 11 is 12.0. The lowest BCUT2D eigenvalue weighted by Crippen LogP contribution is -2.24. The summed E-state index contributed by atoms with van der Waals surface area (Å²) < 4.78 is 10.9. The molecule has 1 N–H and O–H groups in total. The molecule has 1 unspecified atom stereocenters.